The first-order valence-electron chi connectivity index (χ1n) is 5.88. The fourth-order valence-electron chi connectivity index (χ4n) is 2.32. The van der Waals surface area contributed by atoms with Crippen molar-refractivity contribution < 1.29 is 4.39 Å². The number of aromatic nitrogens is 1. The van der Waals surface area contributed by atoms with Gasteiger partial charge in [0, 0.05) is 44.0 Å². The van der Waals surface area contributed by atoms with Crippen LogP contribution in [0.1, 0.15) is 24.9 Å². The van der Waals surface area contributed by atoms with E-state index in [1.807, 2.05) is 12.1 Å². The van der Waals surface area contributed by atoms with Crippen LogP contribution in [0.4, 0.5) is 4.39 Å². The SMILES string of the molecule is CC[C@@H](c1cccnc1F)N1CCNCC1. The molecule has 16 heavy (non-hydrogen) atoms. The molecule has 0 unspecified atom stereocenters. The number of halogens is 1. The summed E-state index contributed by atoms with van der Waals surface area (Å²) in [5, 5.41) is 3.31. The number of hydrogen-bond donors (Lipinski definition) is 1. The number of pyridine rings is 1. The van der Waals surface area contributed by atoms with E-state index < -0.39 is 0 Å². The molecule has 2 rings (SSSR count). The Bertz CT molecular complexity index is 337. The van der Waals surface area contributed by atoms with Crippen LogP contribution < -0.4 is 5.32 Å². The zero-order valence-electron chi connectivity index (χ0n) is 9.62. The second-order valence-corrected chi connectivity index (χ2v) is 4.09. The maximum Gasteiger partial charge on any atom is 0.217 e. The number of hydrogen-bond acceptors (Lipinski definition) is 3. The van der Waals surface area contributed by atoms with E-state index in [1.54, 1.807) is 0 Å². The maximum absolute atomic E-state index is 13.6. The van der Waals surface area contributed by atoms with Gasteiger partial charge in [-0.15, -0.1) is 0 Å². The minimum Gasteiger partial charge on any atom is -0.314 e. The maximum atomic E-state index is 13.6. The number of nitrogens with one attached hydrogen (secondary N) is 1. The molecule has 4 heteroatoms. The van der Waals surface area contributed by atoms with Gasteiger partial charge in [-0.05, 0) is 12.5 Å². The topological polar surface area (TPSA) is 28.2 Å². The third-order valence-corrected chi connectivity index (χ3v) is 3.13. The summed E-state index contributed by atoms with van der Waals surface area (Å²) in [5.41, 5.74) is 0.729. The van der Waals surface area contributed by atoms with Gasteiger partial charge in [0.2, 0.25) is 5.95 Å². The molecular formula is C12H18FN3. The molecule has 1 atom stereocenters. The Hall–Kier alpha value is -1.00. The van der Waals surface area contributed by atoms with Crippen LogP contribution in [-0.2, 0) is 0 Å². The van der Waals surface area contributed by atoms with Crippen LogP contribution in [-0.4, -0.2) is 36.1 Å². The Morgan fingerprint density at radius 1 is 1.50 bits per heavy atom. The number of rotatable bonds is 3. The Kier molecular flexibility index (Phi) is 3.85. The molecule has 2 heterocycles. The largest absolute Gasteiger partial charge is 0.314 e. The lowest BCUT2D eigenvalue weighted by Crippen LogP contribution is -2.45. The summed E-state index contributed by atoms with van der Waals surface area (Å²) in [4.78, 5) is 6.06. The van der Waals surface area contributed by atoms with Crippen LogP contribution in [0, 0.1) is 5.95 Å². The average molecular weight is 223 g/mol. The molecule has 1 aromatic rings. The van der Waals surface area contributed by atoms with Gasteiger partial charge in [0.1, 0.15) is 0 Å². The van der Waals surface area contributed by atoms with Crippen LogP contribution in [0.2, 0.25) is 0 Å². The number of piperazine rings is 1. The second-order valence-electron chi connectivity index (χ2n) is 4.09. The van der Waals surface area contributed by atoms with Gasteiger partial charge in [0.05, 0.1) is 0 Å². The summed E-state index contributed by atoms with van der Waals surface area (Å²) in [7, 11) is 0. The van der Waals surface area contributed by atoms with Gasteiger partial charge in [-0.3, -0.25) is 4.90 Å². The van der Waals surface area contributed by atoms with Crippen LogP contribution >= 0.6 is 0 Å². The van der Waals surface area contributed by atoms with Gasteiger partial charge in [0.25, 0.3) is 0 Å². The predicted molar refractivity (Wildman–Crippen MR) is 61.7 cm³/mol. The second kappa shape index (κ2) is 5.37. The minimum absolute atomic E-state index is 0.163. The molecule has 0 aromatic carbocycles. The van der Waals surface area contributed by atoms with Crippen molar-refractivity contribution in [3.63, 3.8) is 0 Å². The summed E-state index contributed by atoms with van der Waals surface area (Å²) in [6.45, 7) is 6.02. The van der Waals surface area contributed by atoms with Gasteiger partial charge < -0.3 is 5.32 Å². The molecule has 0 bridgehead atoms. The fourth-order valence-corrected chi connectivity index (χ4v) is 2.32. The molecule has 1 aliphatic heterocycles. The lowest BCUT2D eigenvalue weighted by molar-refractivity contribution is 0.165. The highest BCUT2D eigenvalue weighted by Crippen LogP contribution is 2.25. The van der Waals surface area contributed by atoms with Crippen LogP contribution in [0.3, 0.4) is 0 Å². The van der Waals surface area contributed by atoms with Crippen molar-refractivity contribution in [2.24, 2.45) is 0 Å². The zero-order chi connectivity index (χ0) is 11.4. The van der Waals surface area contributed by atoms with E-state index in [-0.39, 0.29) is 12.0 Å². The van der Waals surface area contributed by atoms with Gasteiger partial charge >= 0.3 is 0 Å². The monoisotopic (exact) mass is 223 g/mol. The molecule has 1 aromatic heterocycles. The quantitative estimate of drug-likeness (QED) is 0.788. The molecule has 1 fully saturated rings. The average Bonchev–Trinajstić information content (AvgIpc) is 2.34. The van der Waals surface area contributed by atoms with Crippen molar-refractivity contribution in [1.29, 1.82) is 0 Å². The van der Waals surface area contributed by atoms with E-state index in [0.717, 1.165) is 38.2 Å². The zero-order valence-corrected chi connectivity index (χ0v) is 9.62. The van der Waals surface area contributed by atoms with E-state index in [1.165, 1.54) is 6.20 Å². The van der Waals surface area contributed by atoms with Crippen LogP contribution in [0.25, 0.3) is 0 Å². The van der Waals surface area contributed by atoms with E-state index in [4.69, 9.17) is 0 Å². The van der Waals surface area contributed by atoms with Crippen LogP contribution in [0.5, 0.6) is 0 Å². The van der Waals surface area contributed by atoms with Crippen molar-refractivity contribution in [2.75, 3.05) is 26.2 Å². The molecule has 0 saturated carbocycles. The third-order valence-electron chi connectivity index (χ3n) is 3.13. The standard InChI is InChI=1S/C12H18FN3/c1-2-11(16-8-6-14-7-9-16)10-4-3-5-15-12(10)13/h3-5,11,14H,2,6-9H2,1H3/t11-/m0/s1. The smallest absolute Gasteiger partial charge is 0.217 e. The Morgan fingerprint density at radius 3 is 2.88 bits per heavy atom. The van der Waals surface area contributed by atoms with Gasteiger partial charge in [-0.1, -0.05) is 13.0 Å². The molecule has 0 aliphatic carbocycles. The third kappa shape index (κ3) is 2.39. The molecule has 1 N–H and O–H groups in total. The van der Waals surface area contributed by atoms with Crippen molar-refractivity contribution in [3.05, 3.63) is 29.8 Å². The van der Waals surface area contributed by atoms with E-state index >= 15 is 0 Å². The molecule has 88 valence electrons. The molecular weight excluding hydrogens is 205 g/mol. The van der Waals surface area contributed by atoms with Crippen molar-refractivity contribution in [3.8, 4) is 0 Å². The lowest BCUT2D eigenvalue weighted by atomic mass is 10.0. The van der Waals surface area contributed by atoms with Crippen molar-refractivity contribution >= 4 is 0 Å². The molecule has 0 radical (unpaired) electrons. The molecule has 1 saturated heterocycles. The Morgan fingerprint density at radius 2 is 2.25 bits per heavy atom. The molecule has 0 amide bonds. The molecule has 1 aliphatic rings. The lowest BCUT2D eigenvalue weighted by Gasteiger charge is -2.34. The highest BCUT2D eigenvalue weighted by Gasteiger charge is 2.23. The Labute approximate surface area is 95.7 Å². The van der Waals surface area contributed by atoms with Gasteiger partial charge in [-0.2, -0.15) is 4.39 Å². The van der Waals surface area contributed by atoms with Gasteiger partial charge in [-0.25, -0.2) is 4.98 Å². The first-order chi connectivity index (χ1) is 7.83. The number of nitrogens with zero attached hydrogens (tertiary/aromatic N) is 2. The first kappa shape index (κ1) is 11.5. The van der Waals surface area contributed by atoms with Gasteiger partial charge in [0.15, 0.2) is 0 Å². The fraction of sp³-hybridized carbons (Fsp3) is 0.583. The normalized spacial score (nSPS) is 19.6. The minimum atomic E-state index is -0.326. The summed E-state index contributed by atoms with van der Waals surface area (Å²) in [6, 6.07) is 3.82. The molecule has 0 spiro atoms. The highest BCUT2D eigenvalue weighted by molar-refractivity contribution is 5.16. The Balaban J connectivity index is 2.18. The van der Waals surface area contributed by atoms with E-state index in [0.29, 0.717) is 0 Å². The summed E-state index contributed by atoms with van der Waals surface area (Å²) in [5.74, 6) is -0.326. The first-order valence-corrected chi connectivity index (χ1v) is 5.88. The van der Waals surface area contributed by atoms with Crippen LogP contribution in [0.15, 0.2) is 18.3 Å². The summed E-state index contributed by atoms with van der Waals surface area (Å²) in [6.07, 6.45) is 2.42. The van der Waals surface area contributed by atoms with Crippen molar-refractivity contribution in [1.82, 2.24) is 15.2 Å². The summed E-state index contributed by atoms with van der Waals surface area (Å²) >= 11 is 0. The molecule has 3 nitrogen and oxygen atoms in total. The van der Waals surface area contributed by atoms with E-state index in [2.05, 4.69) is 22.1 Å². The highest BCUT2D eigenvalue weighted by atomic mass is 19.1. The summed E-state index contributed by atoms with van der Waals surface area (Å²) < 4.78 is 13.6. The van der Waals surface area contributed by atoms with E-state index in [9.17, 15) is 4.39 Å². The van der Waals surface area contributed by atoms with Crippen molar-refractivity contribution in [2.45, 2.75) is 19.4 Å². The predicted octanol–water partition coefficient (Wildman–Crippen LogP) is 1.58.